The summed E-state index contributed by atoms with van der Waals surface area (Å²) in [6.45, 7) is 4.41. The zero-order valence-corrected chi connectivity index (χ0v) is 11.3. The maximum absolute atomic E-state index is 12.4. The van der Waals surface area contributed by atoms with Crippen molar-refractivity contribution in [1.82, 2.24) is 4.90 Å². The number of rotatable bonds is 4. The molecule has 0 amide bonds. The molecular formula is C16H21NO2. The van der Waals surface area contributed by atoms with Crippen molar-refractivity contribution in [2.75, 3.05) is 26.3 Å². The lowest BCUT2D eigenvalue weighted by molar-refractivity contribution is 0.0340. The van der Waals surface area contributed by atoms with E-state index in [1.54, 1.807) is 0 Å². The number of ether oxygens (including phenoxy) is 1. The van der Waals surface area contributed by atoms with Crippen LogP contribution in [-0.4, -0.2) is 37.0 Å². The summed E-state index contributed by atoms with van der Waals surface area (Å²) in [6.07, 6.45) is 3.36. The van der Waals surface area contributed by atoms with Gasteiger partial charge in [0.1, 0.15) is 0 Å². The molecule has 0 spiro atoms. The summed E-state index contributed by atoms with van der Waals surface area (Å²) in [6, 6.07) is 8.11. The molecule has 0 radical (unpaired) electrons. The maximum Gasteiger partial charge on any atom is 0.166 e. The molecule has 3 rings (SSSR count). The number of morpholine rings is 1. The molecule has 0 aromatic heterocycles. The molecule has 2 fully saturated rings. The van der Waals surface area contributed by atoms with Gasteiger partial charge in [-0.2, -0.15) is 0 Å². The highest BCUT2D eigenvalue weighted by Gasteiger charge is 2.27. The van der Waals surface area contributed by atoms with Crippen LogP contribution in [0.1, 0.15) is 35.2 Å². The molecule has 1 saturated carbocycles. The minimum Gasteiger partial charge on any atom is -0.379 e. The Labute approximate surface area is 114 Å². The zero-order chi connectivity index (χ0) is 13.1. The van der Waals surface area contributed by atoms with E-state index in [0.717, 1.165) is 51.3 Å². The van der Waals surface area contributed by atoms with E-state index in [1.807, 2.05) is 18.2 Å². The summed E-state index contributed by atoms with van der Waals surface area (Å²) in [7, 11) is 0. The third kappa shape index (κ3) is 2.88. The fraction of sp³-hybridized carbons (Fsp3) is 0.562. The van der Waals surface area contributed by atoms with Gasteiger partial charge in [-0.15, -0.1) is 0 Å². The highest BCUT2D eigenvalue weighted by atomic mass is 16.5. The summed E-state index contributed by atoms with van der Waals surface area (Å²) in [5.41, 5.74) is 2.12. The molecule has 1 aliphatic carbocycles. The molecule has 0 unspecified atom stereocenters. The van der Waals surface area contributed by atoms with Crippen LogP contribution in [0.15, 0.2) is 24.3 Å². The van der Waals surface area contributed by atoms with Crippen LogP contribution < -0.4 is 0 Å². The van der Waals surface area contributed by atoms with Gasteiger partial charge in [-0.3, -0.25) is 9.69 Å². The number of carbonyl (C=O) groups excluding carboxylic acids is 1. The smallest absolute Gasteiger partial charge is 0.166 e. The van der Waals surface area contributed by atoms with Gasteiger partial charge in [0.25, 0.3) is 0 Å². The predicted molar refractivity (Wildman–Crippen MR) is 74.2 cm³/mol. The molecule has 3 heteroatoms. The van der Waals surface area contributed by atoms with Gasteiger partial charge < -0.3 is 4.74 Å². The van der Waals surface area contributed by atoms with Crippen molar-refractivity contribution in [3.8, 4) is 0 Å². The largest absolute Gasteiger partial charge is 0.379 e. The summed E-state index contributed by atoms with van der Waals surface area (Å²) >= 11 is 0. The second-order valence-electron chi connectivity index (χ2n) is 5.54. The minimum absolute atomic E-state index is 0.283. The van der Waals surface area contributed by atoms with Crippen LogP contribution in [0.2, 0.25) is 0 Å². The molecule has 1 aromatic carbocycles. The van der Waals surface area contributed by atoms with Gasteiger partial charge in [-0.1, -0.05) is 30.7 Å². The molecule has 1 aliphatic heterocycles. The van der Waals surface area contributed by atoms with E-state index < -0.39 is 0 Å². The Morgan fingerprint density at radius 1 is 1.21 bits per heavy atom. The maximum atomic E-state index is 12.4. The van der Waals surface area contributed by atoms with Gasteiger partial charge >= 0.3 is 0 Å². The van der Waals surface area contributed by atoms with Crippen molar-refractivity contribution in [2.45, 2.75) is 25.8 Å². The quantitative estimate of drug-likeness (QED) is 0.778. The number of hydrogen-bond acceptors (Lipinski definition) is 3. The van der Waals surface area contributed by atoms with Gasteiger partial charge in [-0.05, 0) is 18.4 Å². The zero-order valence-electron chi connectivity index (χ0n) is 11.3. The van der Waals surface area contributed by atoms with Gasteiger partial charge in [0, 0.05) is 31.1 Å². The topological polar surface area (TPSA) is 29.5 Å². The van der Waals surface area contributed by atoms with Crippen molar-refractivity contribution in [2.24, 2.45) is 5.92 Å². The fourth-order valence-electron chi connectivity index (χ4n) is 2.79. The molecule has 3 nitrogen and oxygen atoms in total. The van der Waals surface area contributed by atoms with Crippen LogP contribution in [0.5, 0.6) is 0 Å². The average Bonchev–Trinajstić information content (AvgIpc) is 2.38. The molecule has 0 N–H and O–H groups in total. The molecule has 19 heavy (non-hydrogen) atoms. The molecule has 1 heterocycles. The highest BCUT2D eigenvalue weighted by molar-refractivity contribution is 5.99. The predicted octanol–water partition coefficient (Wildman–Crippen LogP) is 2.50. The van der Waals surface area contributed by atoms with Gasteiger partial charge in [0.05, 0.1) is 13.2 Å². The summed E-state index contributed by atoms with van der Waals surface area (Å²) < 4.78 is 5.37. The van der Waals surface area contributed by atoms with E-state index in [0.29, 0.717) is 5.78 Å². The minimum atomic E-state index is 0.283. The number of Topliss-reactive ketones (excluding diaryl/α,β-unsaturated/α-hetero) is 1. The Kier molecular flexibility index (Phi) is 3.95. The van der Waals surface area contributed by atoms with Crippen LogP contribution in [0.4, 0.5) is 0 Å². The first kappa shape index (κ1) is 12.8. The van der Waals surface area contributed by atoms with E-state index in [9.17, 15) is 4.79 Å². The van der Waals surface area contributed by atoms with Crippen LogP contribution in [0.25, 0.3) is 0 Å². The molecule has 0 atom stereocenters. The van der Waals surface area contributed by atoms with Crippen molar-refractivity contribution >= 4 is 5.78 Å². The molecule has 1 saturated heterocycles. The Balaban J connectivity index is 1.74. The summed E-state index contributed by atoms with van der Waals surface area (Å²) in [5, 5.41) is 0. The van der Waals surface area contributed by atoms with Crippen LogP contribution in [-0.2, 0) is 11.3 Å². The van der Waals surface area contributed by atoms with Gasteiger partial charge in [0.2, 0.25) is 0 Å². The second-order valence-corrected chi connectivity index (χ2v) is 5.54. The van der Waals surface area contributed by atoms with E-state index >= 15 is 0 Å². The Hall–Kier alpha value is -1.19. The highest BCUT2D eigenvalue weighted by Crippen LogP contribution is 2.31. The van der Waals surface area contributed by atoms with Gasteiger partial charge in [0.15, 0.2) is 5.78 Å². The van der Waals surface area contributed by atoms with Crippen molar-refractivity contribution in [1.29, 1.82) is 0 Å². The third-order valence-electron chi connectivity index (χ3n) is 4.26. The lowest BCUT2D eigenvalue weighted by Crippen LogP contribution is -2.36. The standard InChI is InChI=1S/C16H21NO2/c18-16(13-5-3-6-13)15-7-2-1-4-14(15)12-17-8-10-19-11-9-17/h1-2,4,7,13H,3,5-6,8-12H2. The molecular weight excluding hydrogens is 238 g/mol. The lowest BCUT2D eigenvalue weighted by atomic mass is 9.79. The van der Waals surface area contributed by atoms with Crippen molar-refractivity contribution in [3.63, 3.8) is 0 Å². The number of benzene rings is 1. The van der Waals surface area contributed by atoms with Gasteiger partial charge in [-0.25, -0.2) is 0 Å². The molecule has 1 aromatic rings. The normalized spacial score (nSPS) is 21.1. The summed E-state index contributed by atoms with van der Waals surface area (Å²) in [4.78, 5) is 14.8. The van der Waals surface area contributed by atoms with E-state index in [1.165, 1.54) is 12.0 Å². The van der Waals surface area contributed by atoms with E-state index in [2.05, 4.69) is 11.0 Å². The first-order valence-electron chi connectivity index (χ1n) is 7.27. The SMILES string of the molecule is O=C(c1ccccc1CN1CCOCC1)C1CCC1. The number of carbonyl (C=O) groups is 1. The van der Waals surface area contributed by atoms with Crippen LogP contribution >= 0.6 is 0 Å². The number of nitrogens with zero attached hydrogens (tertiary/aromatic N) is 1. The average molecular weight is 259 g/mol. The van der Waals surface area contributed by atoms with E-state index in [-0.39, 0.29) is 5.92 Å². The van der Waals surface area contributed by atoms with Crippen LogP contribution in [0, 0.1) is 5.92 Å². The Bertz CT molecular complexity index is 448. The fourth-order valence-corrected chi connectivity index (χ4v) is 2.79. The molecule has 0 bridgehead atoms. The monoisotopic (exact) mass is 259 g/mol. The van der Waals surface area contributed by atoms with E-state index in [4.69, 9.17) is 4.74 Å². The second kappa shape index (κ2) is 5.85. The first-order valence-corrected chi connectivity index (χ1v) is 7.27. The Morgan fingerprint density at radius 3 is 2.63 bits per heavy atom. The molecule has 102 valence electrons. The summed E-state index contributed by atoms with van der Waals surface area (Å²) in [5.74, 6) is 0.640. The first-order chi connectivity index (χ1) is 9.34. The van der Waals surface area contributed by atoms with Crippen molar-refractivity contribution < 1.29 is 9.53 Å². The molecule has 2 aliphatic rings. The van der Waals surface area contributed by atoms with Crippen LogP contribution in [0.3, 0.4) is 0 Å². The Morgan fingerprint density at radius 2 is 1.95 bits per heavy atom. The lowest BCUT2D eigenvalue weighted by Gasteiger charge is -2.28. The van der Waals surface area contributed by atoms with Crippen molar-refractivity contribution in [3.05, 3.63) is 35.4 Å². The number of hydrogen-bond donors (Lipinski definition) is 0. The number of ketones is 1. The third-order valence-corrected chi connectivity index (χ3v) is 4.26.